The molecule has 2 heterocycles. The van der Waals surface area contributed by atoms with Crippen LogP contribution in [0.2, 0.25) is 5.02 Å². The number of nitrogens with zero attached hydrogens (tertiary/aromatic N) is 2. The highest BCUT2D eigenvalue weighted by atomic mass is 35.5. The van der Waals surface area contributed by atoms with E-state index in [-0.39, 0.29) is 5.54 Å². The van der Waals surface area contributed by atoms with Gasteiger partial charge in [-0.05, 0) is 47.6 Å². The van der Waals surface area contributed by atoms with Crippen molar-refractivity contribution in [3.8, 4) is 0 Å². The highest BCUT2D eigenvalue weighted by Gasteiger charge is 2.15. The minimum absolute atomic E-state index is 0.0735. The first kappa shape index (κ1) is 16.1. The van der Waals surface area contributed by atoms with Crippen LogP contribution in [0.1, 0.15) is 49.2 Å². The van der Waals surface area contributed by atoms with Gasteiger partial charge in [-0.2, -0.15) is 5.10 Å². The molecule has 0 unspecified atom stereocenters. The Morgan fingerprint density at radius 3 is 2.48 bits per heavy atom. The Hall–Kier alpha value is -1.26. The van der Waals surface area contributed by atoms with Crippen molar-refractivity contribution in [1.82, 2.24) is 15.1 Å². The first-order chi connectivity index (χ1) is 9.67. The van der Waals surface area contributed by atoms with Gasteiger partial charge >= 0.3 is 0 Å². The Morgan fingerprint density at radius 2 is 1.95 bits per heavy atom. The van der Waals surface area contributed by atoms with Gasteiger partial charge in [0.15, 0.2) is 0 Å². The maximum Gasteiger partial charge on any atom is 0.118 e. The van der Waals surface area contributed by atoms with E-state index >= 15 is 0 Å². The summed E-state index contributed by atoms with van der Waals surface area (Å²) in [6.45, 7) is 13.7. The van der Waals surface area contributed by atoms with Crippen LogP contribution < -0.4 is 5.32 Å². The largest absolute Gasteiger partial charge is 0.465 e. The maximum atomic E-state index is 6.19. The van der Waals surface area contributed by atoms with E-state index in [4.69, 9.17) is 16.0 Å². The summed E-state index contributed by atoms with van der Waals surface area (Å²) in [6.07, 6.45) is 0. The van der Waals surface area contributed by atoms with Gasteiger partial charge in [-0.15, -0.1) is 0 Å². The third kappa shape index (κ3) is 3.89. The normalized spacial score (nSPS) is 12.1. The Bertz CT molecular complexity index is 635. The molecular weight excluding hydrogens is 286 g/mol. The van der Waals surface area contributed by atoms with Crippen LogP contribution in [-0.2, 0) is 13.1 Å². The lowest BCUT2D eigenvalue weighted by molar-refractivity contribution is 0.382. The molecule has 0 aromatic carbocycles. The smallest absolute Gasteiger partial charge is 0.118 e. The summed E-state index contributed by atoms with van der Waals surface area (Å²) in [5.41, 5.74) is 3.07. The summed E-state index contributed by atoms with van der Waals surface area (Å²) < 4.78 is 7.75. The Balaban J connectivity index is 2.14. The van der Waals surface area contributed by atoms with Crippen LogP contribution in [0.4, 0.5) is 0 Å². The fourth-order valence-corrected chi connectivity index (χ4v) is 2.31. The summed E-state index contributed by atoms with van der Waals surface area (Å²) in [5.74, 6) is 1.88. The van der Waals surface area contributed by atoms with Crippen LogP contribution in [-0.4, -0.2) is 15.3 Å². The predicted molar refractivity (Wildman–Crippen MR) is 85.9 cm³/mol. The molecule has 0 spiro atoms. The van der Waals surface area contributed by atoms with Gasteiger partial charge in [-0.25, -0.2) is 0 Å². The summed E-state index contributed by atoms with van der Waals surface area (Å²) in [6, 6.07) is 2.10. The molecular formula is C16H24ClN3O. The second kappa shape index (κ2) is 5.85. The summed E-state index contributed by atoms with van der Waals surface area (Å²) >= 11 is 6.19. The van der Waals surface area contributed by atoms with E-state index in [1.807, 2.05) is 25.5 Å². The van der Waals surface area contributed by atoms with E-state index in [1.54, 1.807) is 0 Å². The molecule has 0 radical (unpaired) electrons. The number of halogens is 1. The molecule has 0 aliphatic rings. The molecule has 4 nitrogen and oxygen atoms in total. The van der Waals surface area contributed by atoms with Gasteiger partial charge < -0.3 is 9.73 Å². The topological polar surface area (TPSA) is 43.0 Å². The number of hydrogen-bond donors (Lipinski definition) is 1. The SMILES string of the molecule is Cc1nn(Cc2cc(CNC(C)(C)C)oc2C)c(C)c1Cl. The average Bonchev–Trinajstić information content (AvgIpc) is 2.83. The molecule has 2 aromatic heterocycles. The van der Waals surface area contributed by atoms with Crippen molar-refractivity contribution in [3.05, 3.63) is 39.6 Å². The minimum atomic E-state index is 0.0735. The van der Waals surface area contributed by atoms with Crippen molar-refractivity contribution in [2.24, 2.45) is 0 Å². The third-order valence-corrected chi connectivity index (χ3v) is 4.02. The van der Waals surface area contributed by atoms with E-state index in [9.17, 15) is 0 Å². The quantitative estimate of drug-likeness (QED) is 0.928. The lowest BCUT2D eigenvalue weighted by Crippen LogP contribution is -2.34. The monoisotopic (exact) mass is 309 g/mol. The van der Waals surface area contributed by atoms with Crippen molar-refractivity contribution in [3.63, 3.8) is 0 Å². The Labute approximate surface area is 131 Å². The molecule has 2 rings (SSSR count). The number of nitrogens with one attached hydrogen (secondary N) is 1. The first-order valence-electron chi connectivity index (χ1n) is 7.20. The fourth-order valence-electron chi connectivity index (χ4n) is 2.17. The van der Waals surface area contributed by atoms with Gasteiger partial charge in [0.25, 0.3) is 0 Å². The Morgan fingerprint density at radius 1 is 1.29 bits per heavy atom. The summed E-state index contributed by atoms with van der Waals surface area (Å²) in [5, 5.41) is 8.64. The first-order valence-corrected chi connectivity index (χ1v) is 7.58. The molecule has 1 N–H and O–H groups in total. The lowest BCUT2D eigenvalue weighted by Gasteiger charge is -2.19. The average molecular weight is 310 g/mol. The fraction of sp³-hybridized carbons (Fsp3) is 0.562. The number of furan rings is 1. The minimum Gasteiger partial charge on any atom is -0.465 e. The summed E-state index contributed by atoms with van der Waals surface area (Å²) in [7, 11) is 0. The second-order valence-corrected chi connectivity index (χ2v) is 6.92. The summed E-state index contributed by atoms with van der Waals surface area (Å²) in [4.78, 5) is 0. The van der Waals surface area contributed by atoms with E-state index in [0.29, 0.717) is 6.54 Å². The number of aryl methyl sites for hydroxylation is 2. The van der Waals surface area contributed by atoms with Gasteiger partial charge in [0.2, 0.25) is 0 Å². The molecule has 0 bridgehead atoms. The van der Waals surface area contributed by atoms with Crippen LogP contribution >= 0.6 is 11.6 Å². The standard InChI is InChI=1S/C16H24ClN3O/c1-10-15(17)11(2)20(19-10)9-13-7-14(21-12(13)3)8-18-16(4,5)6/h7,18H,8-9H2,1-6H3. The third-order valence-electron chi connectivity index (χ3n) is 3.48. The van der Waals surface area contributed by atoms with E-state index < -0.39 is 0 Å². The zero-order valence-electron chi connectivity index (χ0n) is 13.7. The Kier molecular flexibility index (Phi) is 4.49. The van der Waals surface area contributed by atoms with Crippen LogP contribution in [0.15, 0.2) is 10.5 Å². The molecule has 0 saturated heterocycles. The van der Waals surface area contributed by atoms with Crippen molar-refractivity contribution in [1.29, 1.82) is 0 Å². The van der Waals surface area contributed by atoms with Crippen molar-refractivity contribution in [2.45, 2.75) is 60.2 Å². The van der Waals surface area contributed by atoms with E-state index in [1.165, 1.54) is 0 Å². The zero-order valence-corrected chi connectivity index (χ0v) is 14.4. The number of hydrogen-bond acceptors (Lipinski definition) is 3. The van der Waals surface area contributed by atoms with Gasteiger partial charge in [0, 0.05) is 11.1 Å². The van der Waals surface area contributed by atoms with Crippen molar-refractivity contribution in [2.75, 3.05) is 0 Å². The predicted octanol–water partition coefficient (Wildman–Crippen LogP) is 3.99. The molecule has 0 amide bonds. The van der Waals surface area contributed by atoms with E-state index in [0.717, 1.165) is 40.0 Å². The number of aromatic nitrogens is 2. The zero-order chi connectivity index (χ0) is 15.8. The molecule has 2 aromatic rings. The van der Waals surface area contributed by atoms with E-state index in [2.05, 4.69) is 37.3 Å². The molecule has 0 aliphatic carbocycles. The molecule has 0 aliphatic heterocycles. The van der Waals surface area contributed by atoms with Crippen LogP contribution in [0.3, 0.4) is 0 Å². The molecule has 0 atom stereocenters. The van der Waals surface area contributed by atoms with Crippen LogP contribution in [0.5, 0.6) is 0 Å². The van der Waals surface area contributed by atoms with Crippen LogP contribution in [0, 0.1) is 20.8 Å². The van der Waals surface area contributed by atoms with Gasteiger partial charge in [0.1, 0.15) is 11.5 Å². The molecule has 21 heavy (non-hydrogen) atoms. The van der Waals surface area contributed by atoms with Crippen molar-refractivity contribution < 1.29 is 4.42 Å². The highest BCUT2D eigenvalue weighted by molar-refractivity contribution is 6.31. The number of rotatable bonds is 4. The van der Waals surface area contributed by atoms with Gasteiger partial charge in [-0.3, -0.25) is 4.68 Å². The molecule has 0 fully saturated rings. The van der Waals surface area contributed by atoms with Gasteiger partial charge in [0.05, 0.1) is 29.5 Å². The maximum absolute atomic E-state index is 6.19. The molecule has 116 valence electrons. The van der Waals surface area contributed by atoms with Gasteiger partial charge in [-0.1, -0.05) is 11.6 Å². The van der Waals surface area contributed by atoms with Crippen LogP contribution in [0.25, 0.3) is 0 Å². The molecule has 5 heteroatoms. The van der Waals surface area contributed by atoms with Crippen molar-refractivity contribution >= 4 is 11.6 Å². The molecule has 0 saturated carbocycles. The second-order valence-electron chi connectivity index (χ2n) is 6.54. The lowest BCUT2D eigenvalue weighted by atomic mass is 10.1. The highest BCUT2D eigenvalue weighted by Crippen LogP contribution is 2.22.